The maximum Gasteiger partial charge on any atom is 0.306 e. The Hall–Kier alpha value is -1.64. The predicted octanol–water partition coefficient (Wildman–Crippen LogP) is 3.18. The summed E-state index contributed by atoms with van der Waals surface area (Å²) in [6.07, 6.45) is -0.421. The van der Waals surface area contributed by atoms with E-state index in [1.807, 2.05) is 27.7 Å². The van der Waals surface area contributed by atoms with E-state index >= 15 is 0 Å². The second kappa shape index (κ2) is 8.93. The molecule has 11 atom stereocenters. The second-order valence-electron chi connectivity index (χ2n) is 14.7. The topological polar surface area (TPSA) is 149 Å². The summed E-state index contributed by atoms with van der Waals surface area (Å²) < 4.78 is 0. The van der Waals surface area contributed by atoms with E-state index in [0.717, 1.165) is 0 Å². The number of hydrogen-bond acceptors (Lipinski definition) is 7. The van der Waals surface area contributed by atoms with Crippen molar-refractivity contribution in [2.45, 2.75) is 111 Å². The lowest BCUT2D eigenvalue weighted by Crippen LogP contribution is -2.68. The monoisotopic (exact) mass is 534 g/mol. The molecule has 0 saturated heterocycles. The Kier molecular flexibility index (Phi) is 6.90. The number of carboxylic acids is 1. The summed E-state index contributed by atoms with van der Waals surface area (Å²) in [6, 6.07) is 0. The molecule has 0 amide bonds. The first-order chi connectivity index (χ1) is 17.2. The van der Waals surface area contributed by atoms with E-state index in [-0.39, 0.29) is 55.4 Å². The van der Waals surface area contributed by atoms with Gasteiger partial charge in [0.2, 0.25) is 0 Å². The average molecular weight is 535 g/mol. The third kappa shape index (κ3) is 3.87. The van der Waals surface area contributed by atoms with Crippen molar-refractivity contribution in [2.75, 3.05) is 0 Å². The third-order valence-electron chi connectivity index (χ3n) is 12.2. The van der Waals surface area contributed by atoms with Crippen LogP contribution in [0, 0.1) is 51.2 Å². The van der Waals surface area contributed by atoms with Crippen molar-refractivity contribution in [1.82, 2.24) is 0 Å². The normalized spacial score (nSPS) is 45.4. The van der Waals surface area contributed by atoms with E-state index in [2.05, 4.69) is 6.92 Å². The molecule has 8 heteroatoms. The lowest BCUT2D eigenvalue weighted by atomic mass is 9.37. The van der Waals surface area contributed by atoms with Gasteiger partial charge in [0.25, 0.3) is 0 Å². The number of aliphatic carboxylic acids is 1. The van der Waals surface area contributed by atoms with Crippen molar-refractivity contribution in [3.63, 3.8) is 0 Å². The Morgan fingerprint density at radius 1 is 1.05 bits per heavy atom. The van der Waals surface area contributed by atoms with E-state index in [4.69, 9.17) is 0 Å². The first-order valence-corrected chi connectivity index (χ1v) is 14.1. The summed E-state index contributed by atoms with van der Waals surface area (Å²) in [5, 5.41) is 42.3. The number of carbonyl (C=O) groups excluding carboxylic acids is 3. The first-order valence-electron chi connectivity index (χ1n) is 14.1. The van der Waals surface area contributed by atoms with Gasteiger partial charge in [0.15, 0.2) is 0 Å². The molecule has 4 saturated carbocycles. The van der Waals surface area contributed by atoms with E-state index in [1.54, 1.807) is 6.92 Å². The van der Waals surface area contributed by atoms with Crippen LogP contribution in [-0.4, -0.2) is 61.6 Å². The summed E-state index contributed by atoms with van der Waals surface area (Å²) in [5.74, 6) is -4.38. The lowest BCUT2D eigenvalue weighted by molar-refractivity contribution is -0.204. The molecule has 0 spiro atoms. The van der Waals surface area contributed by atoms with Crippen molar-refractivity contribution in [2.24, 2.45) is 51.2 Å². The number of Topliss-reactive ketones (excluding diaryl/α,β-unsaturated/α-hetero) is 3. The van der Waals surface area contributed by atoms with Crippen molar-refractivity contribution in [1.29, 1.82) is 0 Å². The molecule has 4 aliphatic rings. The van der Waals surface area contributed by atoms with Crippen molar-refractivity contribution >= 4 is 23.3 Å². The summed E-state index contributed by atoms with van der Waals surface area (Å²) in [5.41, 5.74) is -4.75. The second-order valence-corrected chi connectivity index (χ2v) is 14.7. The minimum atomic E-state index is -1.55. The van der Waals surface area contributed by atoms with Crippen LogP contribution in [0.5, 0.6) is 0 Å². The summed E-state index contributed by atoms with van der Waals surface area (Å²) in [6.45, 7) is 12.7. The maximum atomic E-state index is 14.1. The number of aliphatic hydroxyl groups excluding tert-OH is 2. The molecule has 38 heavy (non-hydrogen) atoms. The number of rotatable bonds is 6. The van der Waals surface area contributed by atoms with Crippen LogP contribution in [-0.2, 0) is 19.2 Å². The SMILES string of the molecule is CC(C[C@@H](O)C[C@](C)(O)C1CC(=O)[C@@]2(C)C3C(=O)CC4C(C)(C)[C@@H](O)CC[C@]4(C)C3C(=O)C[C@]12C)C(=O)O. The van der Waals surface area contributed by atoms with Gasteiger partial charge in [-0.3, -0.25) is 19.2 Å². The molecule has 0 aromatic rings. The van der Waals surface area contributed by atoms with E-state index in [1.165, 1.54) is 6.92 Å². The molecule has 4 aliphatic carbocycles. The van der Waals surface area contributed by atoms with Gasteiger partial charge in [-0.15, -0.1) is 0 Å². The summed E-state index contributed by atoms with van der Waals surface area (Å²) >= 11 is 0. The van der Waals surface area contributed by atoms with Crippen molar-refractivity contribution in [3.8, 4) is 0 Å². The minimum Gasteiger partial charge on any atom is -0.481 e. The molecular formula is C30H46O8. The number of hydrogen-bond donors (Lipinski definition) is 4. The quantitative estimate of drug-likeness (QED) is 0.406. The van der Waals surface area contributed by atoms with Crippen LogP contribution < -0.4 is 0 Å². The fourth-order valence-corrected chi connectivity index (χ4v) is 9.78. The molecule has 0 aromatic heterocycles. The molecular weight excluding hydrogens is 488 g/mol. The van der Waals surface area contributed by atoms with Crippen LogP contribution in [0.1, 0.15) is 93.4 Å². The molecule has 4 rings (SSSR count). The van der Waals surface area contributed by atoms with Crippen LogP contribution >= 0.6 is 0 Å². The molecule has 0 aliphatic heterocycles. The molecule has 5 unspecified atom stereocenters. The maximum absolute atomic E-state index is 14.1. The minimum absolute atomic E-state index is 0.00463. The van der Waals surface area contributed by atoms with E-state index in [9.17, 15) is 39.6 Å². The highest BCUT2D eigenvalue weighted by atomic mass is 16.4. The summed E-state index contributed by atoms with van der Waals surface area (Å²) in [7, 11) is 0. The smallest absolute Gasteiger partial charge is 0.306 e. The van der Waals surface area contributed by atoms with Crippen LogP contribution in [0.3, 0.4) is 0 Å². The molecule has 4 N–H and O–H groups in total. The predicted molar refractivity (Wildman–Crippen MR) is 139 cm³/mol. The zero-order chi connectivity index (χ0) is 28.8. The number of fused-ring (bicyclic) bond motifs is 5. The molecule has 8 nitrogen and oxygen atoms in total. The van der Waals surface area contributed by atoms with Gasteiger partial charge in [0, 0.05) is 48.9 Å². The highest BCUT2D eigenvalue weighted by molar-refractivity contribution is 6.02. The van der Waals surface area contributed by atoms with Crippen LogP contribution in [0.25, 0.3) is 0 Å². The Morgan fingerprint density at radius 2 is 1.66 bits per heavy atom. The fraction of sp³-hybridized carbons (Fsp3) is 0.867. The first kappa shape index (κ1) is 29.3. The Morgan fingerprint density at radius 3 is 2.24 bits per heavy atom. The Labute approximate surface area is 225 Å². The Balaban J connectivity index is 1.72. The molecule has 214 valence electrons. The van der Waals surface area contributed by atoms with E-state index < -0.39 is 69.1 Å². The molecule has 0 bridgehead atoms. The van der Waals surface area contributed by atoms with Gasteiger partial charge in [-0.2, -0.15) is 0 Å². The van der Waals surface area contributed by atoms with Gasteiger partial charge in [-0.1, -0.05) is 41.5 Å². The van der Waals surface area contributed by atoms with Crippen molar-refractivity contribution < 1.29 is 39.6 Å². The highest BCUT2D eigenvalue weighted by Crippen LogP contribution is 2.72. The van der Waals surface area contributed by atoms with Gasteiger partial charge in [0.05, 0.1) is 23.7 Å². The zero-order valence-electron chi connectivity index (χ0n) is 23.9. The molecule has 4 fully saturated rings. The van der Waals surface area contributed by atoms with Gasteiger partial charge in [-0.25, -0.2) is 0 Å². The van der Waals surface area contributed by atoms with Crippen molar-refractivity contribution in [3.05, 3.63) is 0 Å². The van der Waals surface area contributed by atoms with Gasteiger partial charge < -0.3 is 20.4 Å². The fourth-order valence-electron chi connectivity index (χ4n) is 9.78. The molecule has 0 aromatic carbocycles. The van der Waals surface area contributed by atoms with Crippen LogP contribution in [0.2, 0.25) is 0 Å². The summed E-state index contributed by atoms with van der Waals surface area (Å²) in [4.78, 5) is 53.3. The molecule has 0 radical (unpaired) electrons. The highest BCUT2D eigenvalue weighted by Gasteiger charge is 2.76. The lowest BCUT2D eigenvalue weighted by Gasteiger charge is -2.65. The standard InChI is InChI=1S/C30H46O8/c1-15(25(36)37)10-16(31)13-29(6,38)20-12-22(35)30(7)24-17(32)11-19-26(2,3)21(34)8-9-27(19,4)23(24)18(33)14-28(20,30)5/h15-16,19-21,23-24,31,34,38H,8-14H2,1-7H3,(H,36,37)/t15?,16-,19?,20?,21+,23?,24?,27+,28-,29+,30+/m1/s1. The largest absolute Gasteiger partial charge is 0.481 e. The number of carbonyl (C=O) groups is 4. The number of carboxylic acid groups (broad SMARTS) is 1. The third-order valence-corrected chi connectivity index (χ3v) is 12.2. The van der Waals surface area contributed by atoms with Gasteiger partial charge in [-0.05, 0) is 48.3 Å². The molecule has 0 heterocycles. The van der Waals surface area contributed by atoms with Crippen LogP contribution in [0.4, 0.5) is 0 Å². The zero-order valence-corrected chi connectivity index (χ0v) is 23.9. The van der Waals surface area contributed by atoms with Gasteiger partial charge in [0.1, 0.15) is 17.3 Å². The number of ketones is 3. The Bertz CT molecular complexity index is 1050. The van der Waals surface area contributed by atoms with E-state index in [0.29, 0.717) is 12.8 Å². The van der Waals surface area contributed by atoms with Crippen LogP contribution in [0.15, 0.2) is 0 Å². The van der Waals surface area contributed by atoms with Gasteiger partial charge >= 0.3 is 5.97 Å². The number of aliphatic hydroxyl groups is 3. The average Bonchev–Trinajstić information content (AvgIpc) is 2.99.